The second kappa shape index (κ2) is 7.25. The highest BCUT2D eigenvalue weighted by molar-refractivity contribution is 6.01. The van der Waals surface area contributed by atoms with Crippen molar-refractivity contribution in [3.8, 4) is 0 Å². The summed E-state index contributed by atoms with van der Waals surface area (Å²) in [6.07, 6.45) is 3.09. The predicted molar refractivity (Wildman–Crippen MR) is 93.8 cm³/mol. The highest BCUT2D eigenvalue weighted by Gasteiger charge is 2.34. The number of imide groups is 1. The van der Waals surface area contributed by atoms with Crippen molar-refractivity contribution in [2.75, 3.05) is 20.1 Å². The first-order valence-corrected chi connectivity index (χ1v) is 8.87. The molecular weight excluding hydrogens is 318 g/mol. The van der Waals surface area contributed by atoms with Crippen LogP contribution in [0.4, 0.5) is 4.79 Å². The standard InChI is InChI=1S/C19H25N3O3/c1-13-5-7-14(8-6-13)18(15-9-10-15)20-16(23)4-3-11-22-17(24)12-21(2)19(22)25/h5-8,15,18H,3-4,9-12H2,1-2H3,(H,20,23). The third-order valence-electron chi connectivity index (χ3n) is 4.86. The molecule has 1 aromatic carbocycles. The Morgan fingerprint density at radius 2 is 1.92 bits per heavy atom. The van der Waals surface area contributed by atoms with E-state index in [4.69, 9.17) is 0 Å². The van der Waals surface area contributed by atoms with Gasteiger partial charge >= 0.3 is 6.03 Å². The number of carbonyl (C=O) groups is 3. The van der Waals surface area contributed by atoms with Gasteiger partial charge in [0, 0.05) is 20.0 Å². The molecule has 0 radical (unpaired) electrons. The molecule has 1 aromatic rings. The Balaban J connectivity index is 1.50. The molecule has 2 aliphatic rings. The maximum atomic E-state index is 12.3. The van der Waals surface area contributed by atoms with Gasteiger partial charge in [-0.3, -0.25) is 14.5 Å². The van der Waals surface area contributed by atoms with Crippen molar-refractivity contribution < 1.29 is 14.4 Å². The summed E-state index contributed by atoms with van der Waals surface area (Å²) < 4.78 is 0. The van der Waals surface area contributed by atoms with Gasteiger partial charge in [0.15, 0.2) is 0 Å². The van der Waals surface area contributed by atoms with Crippen LogP contribution in [0, 0.1) is 12.8 Å². The summed E-state index contributed by atoms with van der Waals surface area (Å²) in [4.78, 5) is 38.5. The number of aryl methyl sites for hydroxylation is 1. The minimum Gasteiger partial charge on any atom is -0.349 e. The largest absolute Gasteiger partial charge is 0.349 e. The van der Waals surface area contributed by atoms with Gasteiger partial charge in [-0.05, 0) is 37.7 Å². The molecule has 134 valence electrons. The van der Waals surface area contributed by atoms with Gasteiger partial charge < -0.3 is 10.2 Å². The normalized spacial score (nSPS) is 18.6. The van der Waals surface area contributed by atoms with Gasteiger partial charge in [0.2, 0.25) is 11.8 Å². The number of rotatable bonds is 7. The zero-order valence-corrected chi connectivity index (χ0v) is 14.8. The minimum atomic E-state index is -0.277. The van der Waals surface area contributed by atoms with Gasteiger partial charge in [0.05, 0.1) is 6.04 Å². The molecule has 25 heavy (non-hydrogen) atoms. The van der Waals surface area contributed by atoms with E-state index in [9.17, 15) is 14.4 Å². The topological polar surface area (TPSA) is 69.7 Å². The molecule has 1 atom stereocenters. The third-order valence-corrected chi connectivity index (χ3v) is 4.86. The van der Waals surface area contributed by atoms with Gasteiger partial charge in [-0.2, -0.15) is 0 Å². The molecule has 3 rings (SSSR count). The van der Waals surface area contributed by atoms with Crippen LogP contribution in [0.5, 0.6) is 0 Å². The fourth-order valence-corrected chi connectivity index (χ4v) is 3.21. The van der Waals surface area contributed by atoms with Crippen LogP contribution in [0.25, 0.3) is 0 Å². The predicted octanol–water partition coefficient (Wildman–Crippen LogP) is 2.24. The van der Waals surface area contributed by atoms with Crippen LogP contribution in [0.3, 0.4) is 0 Å². The Labute approximate surface area is 148 Å². The number of nitrogens with zero attached hydrogens (tertiary/aromatic N) is 2. The molecule has 1 aliphatic carbocycles. The van der Waals surface area contributed by atoms with Gasteiger partial charge in [-0.15, -0.1) is 0 Å². The third kappa shape index (κ3) is 4.18. The molecular formula is C19H25N3O3. The summed E-state index contributed by atoms with van der Waals surface area (Å²) in [7, 11) is 1.61. The highest BCUT2D eigenvalue weighted by atomic mass is 16.2. The summed E-state index contributed by atoms with van der Waals surface area (Å²) in [6, 6.07) is 8.08. The lowest BCUT2D eigenvalue weighted by Crippen LogP contribution is -2.34. The Morgan fingerprint density at radius 3 is 2.48 bits per heavy atom. The lowest BCUT2D eigenvalue weighted by atomic mass is 10.0. The van der Waals surface area contributed by atoms with Crippen LogP contribution in [0.1, 0.15) is 42.9 Å². The van der Waals surface area contributed by atoms with Crippen molar-refractivity contribution in [2.45, 2.75) is 38.6 Å². The fraction of sp³-hybridized carbons (Fsp3) is 0.526. The molecule has 1 saturated carbocycles. The van der Waals surface area contributed by atoms with Crippen molar-refractivity contribution >= 4 is 17.8 Å². The second-order valence-electron chi connectivity index (χ2n) is 7.08. The van der Waals surface area contributed by atoms with E-state index in [2.05, 4.69) is 29.6 Å². The number of amides is 4. The van der Waals surface area contributed by atoms with Crippen LogP contribution in [-0.2, 0) is 9.59 Å². The molecule has 2 fully saturated rings. The molecule has 0 spiro atoms. The first-order valence-electron chi connectivity index (χ1n) is 8.87. The molecule has 6 heteroatoms. The molecule has 1 aliphatic heterocycles. The average molecular weight is 343 g/mol. The summed E-state index contributed by atoms with van der Waals surface area (Å²) in [6.45, 7) is 2.48. The quantitative estimate of drug-likeness (QED) is 0.772. The molecule has 4 amide bonds. The molecule has 6 nitrogen and oxygen atoms in total. The van der Waals surface area contributed by atoms with Crippen LogP contribution in [0.2, 0.25) is 0 Å². The number of hydrogen-bond donors (Lipinski definition) is 1. The zero-order chi connectivity index (χ0) is 18.0. The fourth-order valence-electron chi connectivity index (χ4n) is 3.21. The average Bonchev–Trinajstić information content (AvgIpc) is 3.38. The zero-order valence-electron chi connectivity index (χ0n) is 14.8. The van der Waals surface area contributed by atoms with Crippen LogP contribution in [0.15, 0.2) is 24.3 Å². The Kier molecular flexibility index (Phi) is 5.06. The summed E-state index contributed by atoms with van der Waals surface area (Å²) in [5.41, 5.74) is 2.35. The lowest BCUT2D eigenvalue weighted by Gasteiger charge is -2.19. The lowest BCUT2D eigenvalue weighted by molar-refractivity contribution is -0.126. The van der Waals surface area contributed by atoms with E-state index >= 15 is 0 Å². The van der Waals surface area contributed by atoms with E-state index in [0.29, 0.717) is 25.3 Å². The summed E-state index contributed by atoms with van der Waals surface area (Å²) in [5.74, 6) is 0.301. The minimum absolute atomic E-state index is 0.0232. The van der Waals surface area contributed by atoms with Crippen molar-refractivity contribution in [2.24, 2.45) is 5.92 Å². The molecule has 1 unspecified atom stereocenters. The van der Waals surface area contributed by atoms with Gasteiger partial charge in [-0.1, -0.05) is 29.8 Å². The van der Waals surface area contributed by atoms with Crippen molar-refractivity contribution in [1.29, 1.82) is 0 Å². The number of urea groups is 1. The van der Waals surface area contributed by atoms with E-state index < -0.39 is 0 Å². The maximum absolute atomic E-state index is 12.3. The van der Waals surface area contributed by atoms with E-state index in [1.165, 1.54) is 15.4 Å². The van der Waals surface area contributed by atoms with Crippen LogP contribution < -0.4 is 5.32 Å². The van der Waals surface area contributed by atoms with E-state index in [1.54, 1.807) is 7.05 Å². The van der Waals surface area contributed by atoms with Crippen molar-refractivity contribution in [3.63, 3.8) is 0 Å². The number of nitrogens with one attached hydrogen (secondary N) is 1. The van der Waals surface area contributed by atoms with Crippen molar-refractivity contribution in [1.82, 2.24) is 15.1 Å². The van der Waals surface area contributed by atoms with E-state index in [0.717, 1.165) is 18.4 Å². The Bertz CT molecular complexity index is 667. The van der Waals surface area contributed by atoms with Crippen LogP contribution in [-0.4, -0.2) is 47.8 Å². The SMILES string of the molecule is Cc1ccc(C(NC(=O)CCCN2C(=O)CN(C)C2=O)C2CC2)cc1. The van der Waals surface area contributed by atoms with Crippen molar-refractivity contribution in [3.05, 3.63) is 35.4 Å². The van der Waals surface area contributed by atoms with Gasteiger partial charge in [0.25, 0.3) is 0 Å². The van der Waals surface area contributed by atoms with Gasteiger partial charge in [-0.25, -0.2) is 4.79 Å². The second-order valence-corrected chi connectivity index (χ2v) is 7.08. The summed E-state index contributed by atoms with van der Waals surface area (Å²) in [5, 5.41) is 3.13. The molecule has 1 heterocycles. The maximum Gasteiger partial charge on any atom is 0.326 e. The molecule has 1 N–H and O–H groups in total. The highest BCUT2D eigenvalue weighted by Crippen LogP contribution is 2.41. The Hall–Kier alpha value is -2.37. The number of likely N-dealkylation sites (N-methyl/N-ethyl adjacent to an activating group) is 1. The van der Waals surface area contributed by atoms with Crippen LogP contribution >= 0.6 is 0 Å². The number of carbonyl (C=O) groups excluding carboxylic acids is 3. The van der Waals surface area contributed by atoms with Gasteiger partial charge in [0.1, 0.15) is 6.54 Å². The molecule has 0 aromatic heterocycles. The monoisotopic (exact) mass is 343 g/mol. The first kappa shape index (κ1) is 17.5. The summed E-state index contributed by atoms with van der Waals surface area (Å²) >= 11 is 0. The molecule has 1 saturated heterocycles. The number of benzene rings is 1. The first-order chi connectivity index (χ1) is 12.0. The number of hydrogen-bond acceptors (Lipinski definition) is 3. The molecule has 0 bridgehead atoms. The smallest absolute Gasteiger partial charge is 0.326 e. The van der Waals surface area contributed by atoms with E-state index in [-0.39, 0.29) is 30.4 Å². The Morgan fingerprint density at radius 1 is 1.24 bits per heavy atom. The van der Waals surface area contributed by atoms with E-state index in [1.807, 2.05) is 6.92 Å².